The van der Waals surface area contributed by atoms with Gasteiger partial charge in [0.2, 0.25) is 53.2 Å². The van der Waals surface area contributed by atoms with Crippen molar-refractivity contribution in [1.29, 1.82) is 0 Å². The van der Waals surface area contributed by atoms with E-state index in [1.165, 1.54) is 0 Å². The maximum Gasteiger partial charge on any atom is 0.326 e. The number of aliphatic carboxylic acids is 3. The Morgan fingerprint density at radius 3 is 1.65 bits per heavy atom. The van der Waals surface area contributed by atoms with Crippen molar-refractivity contribution in [3.05, 3.63) is 0 Å². The second-order valence-corrected chi connectivity index (χ2v) is 17.8. The molecule has 0 aromatic heterocycles. The van der Waals surface area contributed by atoms with Crippen LogP contribution in [0.5, 0.6) is 0 Å². The zero-order chi connectivity index (χ0) is 54.3. The van der Waals surface area contributed by atoms with Gasteiger partial charge in [0.05, 0.1) is 25.5 Å². The van der Waals surface area contributed by atoms with Crippen LogP contribution in [0, 0.1) is 11.8 Å². The van der Waals surface area contributed by atoms with Gasteiger partial charge in [-0.1, -0.05) is 27.7 Å². The number of aliphatic hydroxyl groups is 1. The Labute approximate surface area is 409 Å². The van der Waals surface area contributed by atoms with E-state index in [-0.39, 0.29) is 69.4 Å². The lowest BCUT2D eigenvalue weighted by Crippen LogP contribution is -2.61. The van der Waals surface area contributed by atoms with Crippen LogP contribution in [0.2, 0.25) is 0 Å². The van der Waals surface area contributed by atoms with Gasteiger partial charge in [0, 0.05) is 19.5 Å². The summed E-state index contributed by atoms with van der Waals surface area (Å²) in [5, 5.41) is 54.9. The third kappa shape index (κ3) is 22.9. The van der Waals surface area contributed by atoms with Gasteiger partial charge in [-0.15, -0.1) is 0 Å². The second kappa shape index (κ2) is 30.4. The molecule has 1 aliphatic rings. The first-order chi connectivity index (χ1) is 33.1. The predicted molar refractivity (Wildman–Crippen MR) is 248 cm³/mol. The molecule has 0 unspecified atom stereocenters. The van der Waals surface area contributed by atoms with E-state index in [9.17, 15) is 78.0 Å². The van der Waals surface area contributed by atoms with Gasteiger partial charge in [0.25, 0.3) is 0 Å². The van der Waals surface area contributed by atoms with Crippen LogP contribution in [-0.2, 0) is 57.5 Å². The highest BCUT2D eigenvalue weighted by atomic mass is 16.4. The topological polar surface area (TPSA) is 490 Å². The fraction of sp³-hybridized carbons (Fsp3) is 0.690. The summed E-state index contributed by atoms with van der Waals surface area (Å²) in [7, 11) is 0. The van der Waals surface area contributed by atoms with Crippen LogP contribution < -0.4 is 60.2 Å². The minimum Gasteiger partial charge on any atom is -0.481 e. The number of primary amides is 1. The molecule has 71 heavy (non-hydrogen) atoms. The summed E-state index contributed by atoms with van der Waals surface area (Å²) in [4.78, 5) is 159. The lowest BCUT2D eigenvalue weighted by molar-refractivity contribution is -0.146. The first-order valence-electron chi connectivity index (χ1n) is 22.9. The minimum absolute atomic E-state index is 0.0223. The summed E-state index contributed by atoms with van der Waals surface area (Å²) in [6.45, 7) is 6.99. The van der Waals surface area contributed by atoms with Gasteiger partial charge in [0.15, 0.2) is 5.96 Å². The largest absolute Gasteiger partial charge is 0.481 e. The van der Waals surface area contributed by atoms with Gasteiger partial charge in [-0.2, -0.15) is 0 Å². The standard InChI is InChI=1S/C42H71N13O16/c1-19(2)14-22(43)34(63)51-26(16-31(58)59)36(65)48-21(5)33(62)49-23(10-11-30(44)57)35(64)54-28(18-56)38(67)53-27(17-32(60)61)40(69)55-13-7-9-29(55)39(68)52-25(15-20(3)4)37(66)50-24(41(70)71)8-6-12-47-42(45)46/h19-29,56H,6-18,43H2,1-5H3,(H2,44,57)(H,48,65)(H,49,62)(H,50,66)(H,51,63)(H,52,68)(H,53,67)(H,54,64)(H,58,59)(H,60,61)(H,70,71)(H4,45,46,47)/t21-,22-,23-,24-,25-,26-,27-,28-,29-/m0/s1. The van der Waals surface area contributed by atoms with Crippen LogP contribution in [0.15, 0.2) is 4.99 Å². The number of nitrogens with one attached hydrogen (secondary N) is 7. The molecule has 0 aliphatic carbocycles. The molecular weight excluding hydrogens is 943 g/mol. The summed E-state index contributed by atoms with van der Waals surface area (Å²) in [6, 6.07) is -13.8. The number of hydrogen-bond acceptors (Lipinski definition) is 15. The molecule has 0 saturated carbocycles. The van der Waals surface area contributed by atoms with E-state index in [0.717, 1.165) is 11.8 Å². The van der Waals surface area contributed by atoms with Gasteiger partial charge in [-0.3, -0.25) is 57.7 Å². The van der Waals surface area contributed by atoms with Gasteiger partial charge < -0.3 is 85.5 Å². The van der Waals surface area contributed by atoms with Crippen LogP contribution in [-0.4, -0.2) is 176 Å². The number of carboxylic acids is 3. The van der Waals surface area contributed by atoms with Crippen molar-refractivity contribution in [1.82, 2.24) is 42.1 Å². The smallest absolute Gasteiger partial charge is 0.326 e. The number of aliphatic hydroxyl groups excluding tert-OH is 1. The summed E-state index contributed by atoms with van der Waals surface area (Å²) < 4.78 is 0. The predicted octanol–water partition coefficient (Wildman–Crippen LogP) is -5.84. The molecule has 1 fully saturated rings. The number of aliphatic imine (C=N–C) groups is 1. The SMILES string of the molecule is CC(C)C[C@H](NC(=O)[C@@H]1CCCN1C(=O)[C@H](CC(=O)O)NC(=O)[C@H](CO)NC(=O)[C@H](CCC(N)=O)NC(=O)[C@H](C)NC(=O)[C@H](CC(=O)O)NC(=O)[C@@H](N)CC(C)C)C(=O)N[C@@H](CCCN=C(N)N)C(=O)O. The summed E-state index contributed by atoms with van der Waals surface area (Å²) >= 11 is 0. The molecule has 0 radical (unpaired) electrons. The number of guanidine groups is 1. The average molecular weight is 1010 g/mol. The van der Waals surface area contributed by atoms with Crippen LogP contribution >= 0.6 is 0 Å². The van der Waals surface area contributed by atoms with Crippen molar-refractivity contribution >= 4 is 77.0 Å². The molecule has 1 heterocycles. The highest BCUT2D eigenvalue weighted by Crippen LogP contribution is 2.21. The van der Waals surface area contributed by atoms with E-state index >= 15 is 0 Å². The molecule has 29 nitrogen and oxygen atoms in total. The third-order valence-electron chi connectivity index (χ3n) is 10.7. The molecule has 9 atom stereocenters. The van der Waals surface area contributed by atoms with E-state index in [0.29, 0.717) is 0 Å². The fourth-order valence-electron chi connectivity index (χ4n) is 7.13. The van der Waals surface area contributed by atoms with Crippen molar-refractivity contribution in [2.45, 2.75) is 153 Å². The Balaban J connectivity index is 3.24. The zero-order valence-corrected chi connectivity index (χ0v) is 40.4. The van der Waals surface area contributed by atoms with E-state index < -0.39 is 158 Å². The van der Waals surface area contributed by atoms with Crippen LogP contribution in [0.4, 0.5) is 0 Å². The monoisotopic (exact) mass is 1010 g/mol. The van der Waals surface area contributed by atoms with Crippen molar-refractivity contribution in [2.75, 3.05) is 19.7 Å². The van der Waals surface area contributed by atoms with Gasteiger partial charge >= 0.3 is 17.9 Å². The molecular formula is C42H71N13O16. The molecule has 400 valence electrons. The molecule has 1 rings (SSSR count). The first kappa shape index (κ1) is 61.8. The maximum atomic E-state index is 14.0. The molecule has 1 aliphatic heterocycles. The van der Waals surface area contributed by atoms with Crippen LogP contribution in [0.1, 0.15) is 98.8 Å². The molecule has 29 heteroatoms. The number of nitrogens with two attached hydrogens (primary N) is 4. The Bertz CT molecular complexity index is 1960. The Morgan fingerprint density at radius 2 is 1.11 bits per heavy atom. The zero-order valence-electron chi connectivity index (χ0n) is 40.4. The molecule has 19 N–H and O–H groups in total. The Kier molecular flexibility index (Phi) is 26.5. The molecule has 0 aromatic carbocycles. The molecule has 0 bridgehead atoms. The lowest BCUT2D eigenvalue weighted by Gasteiger charge is -2.30. The number of carbonyl (C=O) groups is 12. The van der Waals surface area contributed by atoms with E-state index in [2.05, 4.69) is 42.2 Å². The third-order valence-corrected chi connectivity index (χ3v) is 10.7. The Morgan fingerprint density at radius 1 is 0.606 bits per heavy atom. The number of carboxylic acid groups (broad SMARTS) is 3. The number of likely N-dealkylation sites (tertiary alicyclic amines) is 1. The van der Waals surface area contributed by atoms with Crippen molar-refractivity contribution in [2.24, 2.45) is 39.8 Å². The summed E-state index contributed by atoms with van der Waals surface area (Å²) in [5.41, 5.74) is 21.7. The van der Waals surface area contributed by atoms with E-state index in [1.807, 2.05) is 0 Å². The molecule has 0 aromatic rings. The Hall–Kier alpha value is -7.17. The van der Waals surface area contributed by atoms with Crippen molar-refractivity contribution < 1.29 is 78.0 Å². The maximum absolute atomic E-state index is 14.0. The van der Waals surface area contributed by atoms with Gasteiger partial charge in [0.1, 0.15) is 48.3 Å². The normalized spacial score (nSPS) is 16.6. The average Bonchev–Trinajstić information content (AvgIpc) is 3.76. The van der Waals surface area contributed by atoms with Crippen LogP contribution in [0.3, 0.4) is 0 Å². The van der Waals surface area contributed by atoms with Crippen molar-refractivity contribution in [3.63, 3.8) is 0 Å². The number of carbonyl (C=O) groups excluding carboxylic acids is 9. The number of nitrogens with zero attached hydrogens (tertiary/aromatic N) is 2. The summed E-state index contributed by atoms with van der Waals surface area (Å²) in [5.74, 6) is -14.1. The number of hydrogen-bond donors (Lipinski definition) is 15. The van der Waals surface area contributed by atoms with Gasteiger partial charge in [-0.05, 0) is 63.7 Å². The summed E-state index contributed by atoms with van der Waals surface area (Å²) in [6.07, 6.45) is -2.35. The van der Waals surface area contributed by atoms with Crippen LogP contribution in [0.25, 0.3) is 0 Å². The minimum atomic E-state index is -1.94. The lowest BCUT2D eigenvalue weighted by atomic mass is 10.0. The quantitative estimate of drug-likeness (QED) is 0.0170. The van der Waals surface area contributed by atoms with E-state index in [1.54, 1.807) is 27.7 Å². The highest BCUT2D eigenvalue weighted by molar-refractivity contribution is 5.99. The number of rotatable bonds is 32. The number of amides is 9. The molecule has 1 saturated heterocycles. The highest BCUT2D eigenvalue weighted by Gasteiger charge is 2.41. The van der Waals surface area contributed by atoms with Gasteiger partial charge in [-0.25, -0.2) is 4.79 Å². The molecule has 0 spiro atoms. The second-order valence-electron chi connectivity index (χ2n) is 17.8. The molecule has 9 amide bonds. The first-order valence-corrected chi connectivity index (χ1v) is 22.9. The van der Waals surface area contributed by atoms with E-state index in [4.69, 9.17) is 22.9 Å². The van der Waals surface area contributed by atoms with Crippen molar-refractivity contribution in [3.8, 4) is 0 Å². The fourth-order valence-corrected chi connectivity index (χ4v) is 7.13.